The molecule has 0 saturated carbocycles. The van der Waals surface area contributed by atoms with E-state index in [1.165, 1.54) is 6.07 Å². The van der Waals surface area contributed by atoms with Crippen molar-refractivity contribution in [2.75, 3.05) is 4.72 Å². The number of anilines is 1. The van der Waals surface area contributed by atoms with Gasteiger partial charge in [0, 0.05) is 11.8 Å². The summed E-state index contributed by atoms with van der Waals surface area (Å²) in [6.45, 7) is 3.56. The van der Waals surface area contributed by atoms with E-state index in [4.69, 9.17) is 18.0 Å². The van der Waals surface area contributed by atoms with Crippen LogP contribution in [-0.2, 0) is 10.0 Å². The number of nitrogens with one attached hydrogen (secondary N) is 1. The van der Waals surface area contributed by atoms with Crippen LogP contribution in [0, 0.1) is 13.8 Å². The SMILES string of the molecule is Cc1ccnc(NS(=O)(=O)c2ccc(C(N)=S)cc2C)c1. The van der Waals surface area contributed by atoms with Crippen molar-refractivity contribution < 1.29 is 8.42 Å². The minimum atomic E-state index is -3.70. The molecule has 0 bridgehead atoms. The lowest BCUT2D eigenvalue weighted by Gasteiger charge is -2.11. The van der Waals surface area contributed by atoms with Crippen LogP contribution in [0.4, 0.5) is 5.82 Å². The number of aromatic nitrogens is 1. The molecule has 0 saturated heterocycles. The highest BCUT2D eigenvalue weighted by molar-refractivity contribution is 7.92. The van der Waals surface area contributed by atoms with Gasteiger partial charge in [-0.05, 0) is 49.2 Å². The molecule has 1 aromatic carbocycles. The minimum absolute atomic E-state index is 0.172. The summed E-state index contributed by atoms with van der Waals surface area (Å²) in [6, 6.07) is 8.19. The first-order chi connectivity index (χ1) is 9.79. The molecule has 1 heterocycles. The van der Waals surface area contributed by atoms with E-state index in [2.05, 4.69) is 9.71 Å². The topological polar surface area (TPSA) is 85.1 Å². The van der Waals surface area contributed by atoms with E-state index in [9.17, 15) is 8.42 Å². The molecule has 0 radical (unpaired) electrons. The van der Waals surface area contributed by atoms with Crippen LogP contribution in [0.1, 0.15) is 16.7 Å². The van der Waals surface area contributed by atoms with Crippen molar-refractivity contribution in [2.45, 2.75) is 18.7 Å². The summed E-state index contributed by atoms with van der Waals surface area (Å²) >= 11 is 4.88. The highest BCUT2D eigenvalue weighted by Crippen LogP contribution is 2.20. The van der Waals surface area contributed by atoms with Gasteiger partial charge in [0.05, 0.1) is 4.90 Å². The Labute approximate surface area is 129 Å². The molecule has 1 aromatic heterocycles. The molecule has 0 atom stereocenters. The first-order valence-corrected chi connectivity index (χ1v) is 8.04. The molecule has 21 heavy (non-hydrogen) atoms. The largest absolute Gasteiger partial charge is 0.389 e. The van der Waals surface area contributed by atoms with Gasteiger partial charge in [-0.2, -0.15) is 0 Å². The zero-order chi connectivity index (χ0) is 15.6. The first kappa shape index (κ1) is 15.4. The van der Waals surface area contributed by atoms with Gasteiger partial charge in [0.1, 0.15) is 10.8 Å². The van der Waals surface area contributed by atoms with Crippen molar-refractivity contribution in [3.63, 3.8) is 0 Å². The molecule has 0 unspecified atom stereocenters. The number of sulfonamides is 1. The van der Waals surface area contributed by atoms with Crippen molar-refractivity contribution in [3.05, 3.63) is 53.2 Å². The predicted octanol–water partition coefficient (Wildman–Crippen LogP) is 2.13. The van der Waals surface area contributed by atoms with E-state index in [1.54, 1.807) is 37.4 Å². The number of rotatable bonds is 4. The Kier molecular flexibility index (Phi) is 4.24. The Bertz CT molecular complexity index is 802. The number of hydrogen-bond donors (Lipinski definition) is 2. The summed E-state index contributed by atoms with van der Waals surface area (Å²) in [4.78, 5) is 4.40. The molecular weight excluding hydrogens is 306 g/mol. The molecule has 2 aromatic rings. The molecule has 3 N–H and O–H groups in total. The van der Waals surface area contributed by atoms with E-state index in [-0.39, 0.29) is 15.7 Å². The van der Waals surface area contributed by atoms with E-state index in [0.29, 0.717) is 11.1 Å². The number of thiocarbonyl (C=S) groups is 1. The Morgan fingerprint density at radius 3 is 2.52 bits per heavy atom. The summed E-state index contributed by atoms with van der Waals surface area (Å²) in [7, 11) is -3.70. The Morgan fingerprint density at radius 2 is 1.95 bits per heavy atom. The quantitative estimate of drug-likeness (QED) is 0.843. The average molecular weight is 321 g/mol. The zero-order valence-corrected chi connectivity index (χ0v) is 13.3. The number of nitrogens with two attached hydrogens (primary N) is 1. The number of nitrogens with zero attached hydrogens (tertiary/aromatic N) is 1. The van der Waals surface area contributed by atoms with Gasteiger partial charge >= 0.3 is 0 Å². The van der Waals surface area contributed by atoms with Crippen molar-refractivity contribution in [3.8, 4) is 0 Å². The van der Waals surface area contributed by atoms with Gasteiger partial charge in [-0.25, -0.2) is 13.4 Å². The standard InChI is InChI=1S/C14H15N3O2S2/c1-9-5-6-16-13(7-9)17-21(18,19)12-4-3-11(14(15)20)8-10(12)2/h3-8H,1-2H3,(H2,15,20)(H,16,17). The van der Waals surface area contributed by atoms with Crippen LogP contribution < -0.4 is 10.5 Å². The van der Waals surface area contributed by atoms with Gasteiger partial charge in [0.15, 0.2) is 0 Å². The zero-order valence-electron chi connectivity index (χ0n) is 11.6. The van der Waals surface area contributed by atoms with Crippen molar-refractivity contribution in [2.24, 2.45) is 5.73 Å². The normalized spacial score (nSPS) is 11.1. The average Bonchev–Trinajstić information content (AvgIpc) is 2.37. The molecular formula is C14H15N3O2S2. The molecule has 0 amide bonds. The van der Waals surface area contributed by atoms with Gasteiger partial charge in [-0.3, -0.25) is 4.72 Å². The fourth-order valence-corrected chi connectivity index (χ4v) is 3.24. The Morgan fingerprint density at radius 1 is 1.24 bits per heavy atom. The highest BCUT2D eigenvalue weighted by atomic mass is 32.2. The second-order valence-electron chi connectivity index (χ2n) is 4.67. The van der Waals surface area contributed by atoms with Gasteiger partial charge in [0.2, 0.25) is 0 Å². The molecule has 110 valence electrons. The summed E-state index contributed by atoms with van der Waals surface area (Å²) in [5, 5.41) is 0. The van der Waals surface area contributed by atoms with Crippen molar-refractivity contribution in [1.29, 1.82) is 0 Å². The van der Waals surface area contributed by atoms with Gasteiger partial charge < -0.3 is 5.73 Å². The maximum atomic E-state index is 12.4. The molecule has 2 rings (SSSR count). The highest BCUT2D eigenvalue weighted by Gasteiger charge is 2.18. The van der Waals surface area contributed by atoms with Crippen molar-refractivity contribution in [1.82, 2.24) is 4.98 Å². The Balaban J connectivity index is 2.38. The van der Waals surface area contributed by atoms with Crippen LogP contribution in [-0.4, -0.2) is 18.4 Å². The molecule has 0 spiro atoms. The maximum absolute atomic E-state index is 12.4. The van der Waals surface area contributed by atoms with E-state index in [1.807, 2.05) is 6.92 Å². The van der Waals surface area contributed by atoms with Crippen LogP contribution in [0.25, 0.3) is 0 Å². The van der Waals surface area contributed by atoms with E-state index >= 15 is 0 Å². The number of pyridine rings is 1. The van der Waals surface area contributed by atoms with Crippen LogP contribution >= 0.6 is 12.2 Å². The molecule has 0 aliphatic carbocycles. The Hall–Kier alpha value is -1.99. The van der Waals surface area contributed by atoms with Crippen molar-refractivity contribution >= 4 is 33.0 Å². The van der Waals surface area contributed by atoms with Gasteiger partial charge in [-0.15, -0.1) is 0 Å². The first-order valence-electron chi connectivity index (χ1n) is 6.15. The fraction of sp³-hybridized carbons (Fsp3) is 0.143. The van der Waals surface area contributed by atoms with Gasteiger partial charge in [-0.1, -0.05) is 18.3 Å². The lowest BCUT2D eigenvalue weighted by molar-refractivity contribution is 0.600. The molecule has 7 heteroatoms. The summed E-state index contributed by atoms with van der Waals surface area (Å²) in [5.41, 5.74) is 7.66. The summed E-state index contributed by atoms with van der Waals surface area (Å²) in [5.74, 6) is 0.285. The molecule has 5 nitrogen and oxygen atoms in total. The summed E-state index contributed by atoms with van der Waals surface area (Å²) in [6.07, 6.45) is 1.55. The minimum Gasteiger partial charge on any atom is -0.389 e. The lowest BCUT2D eigenvalue weighted by Crippen LogP contribution is -2.16. The third-order valence-electron chi connectivity index (χ3n) is 2.90. The second-order valence-corrected chi connectivity index (χ2v) is 6.76. The van der Waals surface area contributed by atoms with Crippen LogP contribution in [0.5, 0.6) is 0 Å². The lowest BCUT2D eigenvalue weighted by atomic mass is 10.1. The third-order valence-corrected chi connectivity index (χ3v) is 4.65. The van der Waals surface area contributed by atoms with E-state index < -0.39 is 10.0 Å². The van der Waals surface area contributed by atoms with Crippen LogP contribution in [0.15, 0.2) is 41.4 Å². The monoisotopic (exact) mass is 321 g/mol. The van der Waals surface area contributed by atoms with Gasteiger partial charge in [0.25, 0.3) is 10.0 Å². The van der Waals surface area contributed by atoms with Crippen LogP contribution in [0.3, 0.4) is 0 Å². The van der Waals surface area contributed by atoms with E-state index in [0.717, 1.165) is 5.56 Å². The second kappa shape index (κ2) is 5.79. The number of benzene rings is 1. The molecule has 0 fully saturated rings. The third kappa shape index (κ3) is 3.56. The maximum Gasteiger partial charge on any atom is 0.263 e. The predicted molar refractivity (Wildman–Crippen MR) is 86.8 cm³/mol. The fourth-order valence-electron chi connectivity index (χ4n) is 1.89. The molecule has 0 aliphatic heterocycles. The number of hydrogen-bond acceptors (Lipinski definition) is 4. The summed E-state index contributed by atoms with van der Waals surface area (Å²) < 4.78 is 27.3. The van der Waals surface area contributed by atoms with Crippen LogP contribution in [0.2, 0.25) is 0 Å². The number of aryl methyl sites for hydroxylation is 2. The smallest absolute Gasteiger partial charge is 0.263 e. The molecule has 0 aliphatic rings.